The van der Waals surface area contributed by atoms with Crippen LogP contribution >= 0.6 is 23.4 Å². The number of halogens is 1. The molecular weight excluding hydrogens is 418 g/mol. The Morgan fingerprint density at radius 2 is 1.97 bits per heavy atom. The van der Waals surface area contributed by atoms with Crippen molar-refractivity contribution in [1.29, 1.82) is 0 Å². The van der Waals surface area contributed by atoms with E-state index in [1.165, 1.54) is 6.92 Å². The summed E-state index contributed by atoms with van der Waals surface area (Å²) < 4.78 is 16.1. The van der Waals surface area contributed by atoms with Gasteiger partial charge in [-0.1, -0.05) is 29.4 Å². The number of thioether (sulfide) groups is 1. The summed E-state index contributed by atoms with van der Waals surface area (Å²) in [6.07, 6.45) is 0. The summed E-state index contributed by atoms with van der Waals surface area (Å²) in [7, 11) is 0. The fraction of sp³-hybridized carbons (Fsp3) is 0.158. The summed E-state index contributed by atoms with van der Waals surface area (Å²) in [5.74, 6) is 0.740. The zero-order valence-corrected chi connectivity index (χ0v) is 16.7. The average molecular weight is 432 g/mol. The number of carbonyl (C=O) groups excluding carboxylic acids is 2. The molecule has 1 amide bonds. The van der Waals surface area contributed by atoms with E-state index in [-0.39, 0.29) is 29.5 Å². The normalized spacial score (nSPS) is 12.1. The number of Topliss-reactive ketones (excluding diaryl/α,β-unsaturated/α-hetero) is 1. The standard InChI is InChI=1S/C19H14ClN3O5S/c1-10(24)13-6-15-16(27-9-26-15)7-14(13)21-17(25)8-29-19-23-22-18(28-19)11-3-2-4-12(20)5-11/h2-7H,8-9H2,1H3,(H,21,25). The lowest BCUT2D eigenvalue weighted by Gasteiger charge is -2.10. The van der Waals surface area contributed by atoms with E-state index in [1.807, 2.05) is 0 Å². The molecule has 0 fully saturated rings. The Kier molecular flexibility index (Phi) is 5.41. The Morgan fingerprint density at radius 1 is 1.17 bits per heavy atom. The lowest BCUT2D eigenvalue weighted by Crippen LogP contribution is -2.16. The number of hydrogen-bond donors (Lipinski definition) is 1. The van der Waals surface area contributed by atoms with Crippen LogP contribution in [0.5, 0.6) is 11.5 Å². The molecule has 2 heterocycles. The molecule has 1 aromatic heterocycles. The van der Waals surface area contributed by atoms with Crippen LogP contribution in [0.25, 0.3) is 11.5 Å². The van der Waals surface area contributed by atoms with Crippen molar-refractivity contribution in [2.75, 3.05) is 17.9 Å². The molecule has 0 spiro atoms. The Morgan fingerprint density at radius 3 is 2.72 bits per heavy atom. The second-order valence-electron chi connectivity index (χ2n) is 6.03. The molecule has 2 aromatic carbocycles. The number of carbonyl (C=O) groups is 2. The van der Waals surface area contributed by atoms with Gasteiger partial charge in [0.05, 0.1) is 11.4 Å². The SMILES string of the molecule is CC(=O)c1cc2c(cc1NC(=O)CSc1nnc(-c3cccc(Cl)c3)o1)OCO2. The van der Waals surface area contributed by atoms with Gasteiger partial charge in [0, 0.05) is 22.2 Å². The van der Waals surface area contributed by atoms with E-state index >= 15 is 0 Å². The van der Waals surface area contributed by atoms with Gasteiger partial charge in [-0.25, -0.2) is 0 Å². The fourth-order valence-corrected chi connectivity index (χ4v) is 3.41. The van der Waals surface area contributed by atoms with Crippen molar-refractivity contribution in [1.82, 2.24) is 10.2 Å². The number of aromatic nitrogens is 2. The van der Waals surface area contributed by atoms with Gasteiger partial charge in [-0.2, -0.15) is 0 Å². The topological polar surface area (TPSA) is 104 Å². The summed E-state index contributed by atoms with van der Waals surface area (Å²) in [4.78, 5) is 24.3. The van der Waals surface area contributed by atoms with E-state index in [0.29, 0.717) is 39.2 Å². The van der Waals surface area contributed by atoms with E-state index in [2.05, 4.69) is 15.5 Å². The highest BCUT2D eigenvalue weighted by molar-refractivity contribution is 7.99. The number of rotatable bonds is 6. The Balaban J connectivity index is 1.42. The second-order valence-corrected chi connectivity index (χ2v) is 7.39. The van der Waals surface area contributed by atoms with Crippen LogP contribution in [-0.2, 0) is 4.79 Å². The van der Waals surface area contributed by atoms with Crippen molar-refractivity contribution in [2.45, 2.75) is 12.1 Å². The number of nitrogens with one attached hydrogen (secondary N) is 1. The summed E-state index contributed by atoms with van der Waals surface area (Å²) in [6.45, 7) is 1.49. The van der Waals surface area contributed by atoms with Crippen LogP contribution in [0.2, 0.25) is 5.02 Å². The van der Waals surface area contributed by atoms with Crippen LogP contribution in [0.3, 0.4) is 0 Å². The van der Waals surface area contributed by atoms with Crippen molar-refractivity contribution in [2.24, 2.45) is 0 Å². The van der Waals surface area contributed by atoms with E-state index in [9.17, 15) is 9.59 Å². The van der Waals surface area contributed by atoms with Crippen LogP contribution in [-0.4, -0.2) is 34.4 Å². The largest absolute Gasteiger partial charge is 0.454 e. The summed E-state index contributed by atoms with van der Waals surface area (Å²) >= 11 is 7.04. The monoisotopic (exact) mass is 431 g/mol. The smallest absolute Gasteiger partial charge is 0.277 e. The molecule has 4 rings (SSSR count). The molecule has 8 nitrogen and oxygen atoms in total. The van der Waals surface area contributed by atoms with Gasteiger partial charge in [0.2, 0.25) is 18.6 Å². The van der Waals surface area contributed by atoms with Crippen LogP contribution < -0.4 is 14.8 Å². The van der Waals surface area contributed by atoms with Gasteiger partial charge in [0.15, 0.2) is 17.3 Å². The second kappa shape index (κ2) is 8.14. The van der Waals surface area contributed by atoms with Crippen LogP contribution in [0.1, 0.15) is 17.3 Å². The summed E-state index contributed by atoms with van der Waals surface area (Å²) in [6, 6.07) is 10.2. The van der Waals surface area contributed by atoms with Gasteiger partial charge in [0.1, 0.15) is 0 Å². The molecule has 29 heavy (non-hydrogen) atoms. The first-order valence-electron chi connectivity index (χ1n) is 8.46. The van der Waals surface area contributed by atoms with Crippen molar-refractivity contribution in [3.05, 3.63) is 47.0 Å². The first-order valence-corrected chi connectivity index (χ1v) is 9.82. The number of hydrogen-bond acceptors (Lipinski definition) is 8. The number of anilines is 1. The maximum absolute atomic E-state index is 12.4. The third-order valence-electron chi connectivity index (χ3n) is 3.97. The molecule has 10 heteroatoms. The maximum Gasteiger partial charge on any atom is 0.277 e. The van der Waals surface area contributed by atoms with Crippen molar-refractivity contribution in [3.63, 3.8) is 0 Å². The molecule has 3 aromatic rings. The van der Waals surface area contributed by atoms with E-state index in [1.54, 1.807) is 36.4 Å². The van der Waals surface area contributed by atoms with Gasteiger partial charge < -0.3 is 19.2 Å². The Labute approximate surface area is 174 Å². The van der Waals surface area contributed by atoms with E-state index in [0.717, 1.165) is 11.8 Å². The molecule has 1 aliphatic heterocycles. The minimum atomic E-state index is -0.334. The highest BCUT2D eigenvalue weighted by Gasteiger charge is 2.21. The van der Waals surface area contributed by atoms with Gasteiger partial charge in [-0.15, -0.1) is 10.2 Å². The molecule has 0 unspecified atom stereocenters. The van der Waals surface area contributed by atoms with Crippen molar-refractivity contribution >= 4 is 40.7 Å². The Bertz CT molecular complexity index is 1100. The zero-order chi connectivity index (χ0) is 20.4. The first-order chi connectivity index (χ1) is 14.0. The molecule has 0 saturated carbocycles. The van der Waals surface area contributed by atoms with Gasteiger partial charge in [-0.05, 0) is 31.2 Å². The van der Waals surface area contributed by atoms with Gasteiger partial charge >= 0.3 is 0 Å². The third kappa shape index (κ3) is 4.36. The molecule has 1 aliphatic rings. The van der Waals surface area contributed by atoms with Crippen LogP contribution in [0.4, 0.5) is 5.69 Å². The van der Waals surface area contributed by atoms with Crippen molar-refractivity contribution < 1.29 is 23.5 Å². The fourth-order valence-electron chi connectivity index (χ4n) is 2.66. The highest BCUT2D eigenvalue weighted by atomic mass is 35.5. The number of amides is 1. The molecule has 0 radical (unpaired) electrons. The van der Waals surface area contributed by atoms with Crippen LogP contribution in [0, 0.1) is 0 Å². The van der Waals surface area contributed by atoms with Gasteiger partial charge in [-0.3, -0.25) is 9.59 Å². The average Bonchev–Trinajstić information content (AvgIpc) is 3.34. The number of ketones is 1. The Hall–Kier alpha value is -3.04. The summed E-state index contributed by atoms with van der Waals surface area (Å²) in [5, 5.41) is 11.4. The van der Waals surface area contributed by atoms with E-state index in [4.69, 9.17) is 25.5 Å². The summed E-state index contributed by atoms with van der Waals surface area (Å²) in [5.41, 5.74) is 1.39. The molecule has 0 saturated heterocycles. The minimum Gasteiger partial charge on any atom is -0.454 e. The van der Waals surface area contributed by atoms with E-state index < -0.39 is 0 Å². The number of ether oxygens (including phenoxy) is 2. The number of nitrogens with zero attached hydrogens (tertiary/aromatic N) is 2. The molecule has 1 N–H and O–H groups in total. The van der Waals surface area contributed by atoms with Crippen molar-refractivity contribution in [3.8, 4) is 23.0 Å². The number of fused-ring (bicyclic) bond motifs is 1. The first kappa shape index (κ1) is 19.3. The molecule has 0 bridgehead atoms. The molecule has 0 aliphatic carbocycles. The molecular formula is C19H14ClN3O5S. The lowest BCUT2D eigenvalue weighted by molar-refractivity contribution is -0.113. The molecule has 148 valence electrons. The predicted molar refractivity (Wildman–Crippen MR) is 107 cm³/mol. The minimum absolute atomic E-state index is 0.0168. The number of benzene rings is 2. The molecule has 0 atom stereocenters. The lowest BCUT2D eigenvalue weighted by atomic mass is 10.1. The van der Waals surface area contributed by atoms with Crippen LogP contribution in [0.15, 0.2) is 46.0 Å². The predicted octanol–water partition coefficient (Wildman–Crippen LogP) is 4.05. The maximum atomic E-state index is 12.4. The van der Waals surface area contributed by atoms with Gasteiger partial charge in [0.25, 0.3) is 5.22 Å². The quantitative estimate of drug-likeness (QED) is 0.460. The third-order valence-corrected chi connectivity index (χ3v) is 5.02. The highest BCUT2D eigenvalue weighted by Crippen LogP contribution is 2.37. The zero-order valence-electron chi connectivity index (χ0n) is 15.1.